The first-order valence-corrected chi connectivity index (χ1v) is 15.6. The SMILES string of the molecule is NCCCNc1cc(S(=O)(=O)O)cc2cc(S(=O)(=O)O)c(N=Nc3ccc4ccccc4c3S(=O)(=O)O)c(O)c12. The summed E-state index contributed by atoms with van der Waals surface area (Å²) in [6.07, 6.45) is 0.411. The first-order chi connectivity index (χ1) is 18.6. The summed E-state index contributed by atoms with van der Waals surface area (Å²) in [4.78, 5) is -2.28. The van der Waals surface area contributed by atoms with Gasteiger partial charge in [-0.05, 0) is 48.0 Å². The van der Waals surface area contributed by atoms with Crippen molar-refractivity contribution < 1.29 is 44.0 Å². The first kappa shape index (κ1) is 29.3. The van der Waals surface area contributed by atoms with Gasteiger partial charge < -0.3 is 16.2 Å². The second-order valence-corrected chi connectivity index (χ2v) is 12.6. The van der Waals surface area contributed by atoms with E-state index in [0.717, 1.165) is 18.2 Å². The zero-order valence-corrected chi connectivity index (χ0v) is 22.7. The molecule has 0 aliphatic heterocycles. The van der Waals surface area contributed by atoms with Gasteiger partial charge >= 0.3 is 0 Å². The van der Waals surface area contributed by atoms with Gasteiger partial charge in [0.2, 0.25) is 0 Å². The second kappa shape index (κ2) is 10.7. The summed E-state index contributed by atoms with van der Waals surface area (Å²) >= 11 is 0. The van der Waals surface area contributed by atoms with Crippen molar-refractivity contribution in [3.05, 3.63) is 54.6 Å². The van der Waals surface area contributed by atoms with Crippen molar-refractivity contribution >= 4 is 69.0 Å². The summed E-state index contributed by atoms with van der Waals surface area (Å²) in [5.74, 6) is -0.875. The molecule has 0 amide bonds. The van der Waals surface area contributed by atoms with Gasteiger partial charge in [-0.15, -0.1) is 10.2 Å². The Morgan fingerprint density at radius 1 is 0.800 bits per heavy atom. The van der Waals surface area contributed by atoms with Crippen LogP contribution in [0.5, 0.6) is 5.75 Å². The van der Waals surface area contributed by atoms with Gasteiger partial charge in [-0.2, -0.15) is 25.3 Å². The Morgan fingerprint density at radius 3 is 2.12 bits per heavy atom. The molecule has 0 atom stereocenters. The quantitative estimate of drug-likeness (QED) is 0.0903. The normalized spacial score (nSPS) is 12.9. The van der Waals surface area contributed by atoms with Crippen molar-refractivity contribution in [2.24, 2.45) is 16.0 Å². The Balaban J connectivity index is 2.04. The van der Waals surface area contributed by atoms with Crippen molar-refractivity contribution in [1.29, 1.82) is 0 Å². The number of anilines is 1. The Kier molecular flexibility index (Phi) is 7.83. The van der Waals surface area contributed by atoms with Gasteiger partial charge in [0, 0.05) is 23.0 Å². The molecule has 0 fully saturated rings. The fraction of sp³-hybridized carbons (Fsp3) is 0.130. The minimum Gasteiger partial charge on any atom is -0.505 e. The molecule has 0 aromatic heterocycles. The number of nitrogens with one attached hydrogen (secondary N) is 1. The molecule has 0 spiro atoms. The first-order valence-electron chi connectivity index (χ1n) is 11.3. The van der Waals surface area contributed by atoms with Gasteiger partial charge in [-0.25, -0.2) is 0 Å². The number of hydrogen-bond acceptors (Lipinski definition) is 11. The smallest absolute Gasteiger partial charge is 0.297 e. The maximum absolute atomic E-state index is 12.2. The molecule has 40 heavy (non-hydrogen) atoms. The molecular formula is C23H22N4O10S3. The van der Waals surface area contributed by atoms with E-state index in [9.17, 15) is 44.0 Å². The Hall–Kier alpha value is -3.71. The summed E-state index contributed by atoms with van der Waals surface area (Å²) < 4.78 is 102. The Morgan fingerprint density at radius 2 is 1.50 bits per heavy atom. The lowest BCUT2D eigenvalue weighted by atomic mass is 10.1. The van der Waals surface area contributed by atoms with Gasteiger partial charge in [0.25, 0.3) is 30.4 Å². The molecule has 0 aliphatic carbocycles. The van der Waals surface area contributed by atoms with E-state index in [1.54, 1.807) is 12.1 Å². The minimum atomic E-state index is -5.14. The lowest BCUT2D eigenvalue weighted by Gasteiger charge is -2.15. The number of hydrogen-bond donors (Lipinski definition) is 6. The maximum Gasteiger partial charge on any atom is 0.297 e. The number of azo groups is 1. The molecule has 0 aliphatic rings. The monoisotopic (exact) mass is 610 g/mol. The lowest BCUT2D eigenvalue weighted by molar-refractivity contribution is 0.472. The van der Waals surface area contributed by atoms with E-state index in [1.807, 2.05) is 0 Å². The average molecular weight is 611 g/mol. The number of nitrogens with zero attached hydrogens (tertiary/aromatic N) is 2. The third kappa shape index (κ3) is 5.89. The molecule has 14 nitrogen and oxygen atoms in total. The number of phenolic OH excluding ortho intramolecular Hbond substituents is 1. The zero-order chi connectivity index (χ0) is 29.5. The van der Waals surface area contributed by atoms with E-state index < -0.39 is 62.2 Å². The van der Waals surface area contributed by atoms with Gasteiger partial charge in [0.05, 0.1) is 4.90 Å². The van der Waals surface area contributed by atoms with Crippen molar-refractivity contribution in [2.75, 3.05) is 18.4 Å². The molecule has 212 valence electrons. The van der Waals surface area contributed by atoms with Gasteiger partial charge in [-0.1, -0.05) is 30.3 Å². The van der Waals surface area contributed by atoms with E-state index >= 15 is 0 Å². The third-order valence-electron chi connectivity index (χ3n) is 5.77. The highest BCUT2D eigenvalue weighted by molar-refractivity contribution is 7.86. The van der Waals surface area contributed by atoms with Crippen molar-refractivity contribution in [3.63, 3.8) is 0 Å². The summed E-state index contributed by atoms with van der Waals surface area (Å²) in [7, 11) is -14.8. The van der Waals surface area contributed by atoms with Crippen LogP contribution in [-0.4, -0.2) is 57.1 Å². The number of fused-ring (bicyclic) bond motifs is 2. The van der Waals surface area contributed by atoms with Crippen LogP contribution in [0.3, 0.4) is 0 Å². The van der Waals surface area contributed by atoms with Crippen LogP contribution in [0.25, 0.3) is 21.5 Å². The molecule has 0 unspecified atom stereocenters. The standard InChI is InChI=1S/C23H22N4O10S3/c24-8-3-9-25-18-12-15(38(29,30)31)10-14-11-19(39(32,33)34)21(22(28)20(14)18)27-26-17-7-6-13-4-1-2-5-16(13)23(17)40(35,36)37/h1-2,4-7,10-12,25,28H,3,8-9,24H2,(H,29,30,31)(H,32,33,34)(H,35,36,37). The van der Waals surface area contributed by atoms with E-state index in [2.05, 4.69) is 15.5 Å². The molecule has 0 radical (unpaired) electrons. The van der Waals surface area contributed by atoms with Crippen molar-refractivity contribution in [2.45, 2.75) is 21.1 Å². The Labute approximate surface area is 228 Å². The van der Waals surface area contributed by atoms with Crippen LogP contribution < -0.4 is 11.1 Å². The molecule has 0 saturated carbocycles. The number of aromatic hydroxyl groups is 1. The molecule has 7 N–H and O–H groups in total. The van der Waals surface area contributed by atoms with Crippen LogP contribution in [0.4, 0.5) is 17.1 Å². The molecule has 4 aromatic rings. The topological polar surface area (TPSA) is 246 Å². The van der Waals surface area contributed by atoms with Crippen LogP contribution >= 0.6 is 0 Å². The van der Waals surface area contributed by atoms with Crippen molar-refractivity contribution in [1.82, 2.24) is 0 Å². The molecule has 0 saturated heterocycles. The number of nitrogens with two attached hydrogens (primary N) is 1. The van der Waals surface area contributed by atoms with Crippen molar-refractivity contribution in [3.8, 4) is 5.75 Å². The van der Waals surface area contributed by atoms with E-state index in [-0.39, 0.29) is 34.9 Å². The van der Waals surface area contributed by atoms with Gasteiger partial charge in [0.1, 0.15) is 21.2 Å². The number of rotatable bonds is 9. The fourth-order valence-corrected chi connectivity index (χ4v) is 6.09. The van der Waals surface area contributed by atoms with E-state index in [4.69, 9.17) is 5.73 Å². The molecular weight excluding hydrogens is 588 g/mol. The maximum atomic E-state index is 12.2. The molecule has 0 bridgehead atoms. The summed E-state index contributed by atoms with van der Waals surface area (Å²) in [6, 6.07) is 11.5. The number of phenols is 1. The van der Waals surface area contributed by atoms with Crippen LogP contribution in [0.15, 0.2) is 79.5 Å². The van der Waals surface area contributed by atoms with Gasteiger partial charge in [0.15, 0.2) is 5.75 Å². The van der Waals surface area contributed by atoms with E-state index in [0.29, 0.717) is 11.8 Å². The van der Waals surface area contributed by atoms with Crippen LogP contribution in [-0.2, 0) is 30.4 Å². The summed E-state index contributed by atoms with van der Waals surface area (Å²) in [5, 5.41) is 21.6. The van der Waals surface area contributed by atoms with Crippen LogP contribution in [0, 0.1) is 0 Å². The van der Waals surface area contributed by atoms with Crippen LogP contribution in [0.2, 0.25) is 0 Å². The zero-order valence-electron chi connectivity index (χ0n) is 20.3. The Bertz CT molecular complexity index is 2010. The number of benzene rings is 4. The molecule has 4 rings (SSSR count). The molecule has 4 aromatic carbocycles. The third-order valence-corrected chi connectivity index (χ3v) is 8.41. The summed E-state index contributed by atoms with van der Waals surface area (Å²) in [6.45, 7) is 0.439. The van der Waals surface area contributed by atoms with E-state index in [1.165, 1.54) is 24.3 Å². The predicted molar refractivity (Wildman–Crippen MR) is 145 cm³/mol. The highest BCUT2D eigenvalue weighted by Gasteiger charge is 2.26. The largest absolute Gasteiger partial charge is 0.505 e. The molecule has 0 heterocycles. The summed E-state index contributed by atoms with van der Waals surface area (Å²) in [5.41, 5.74) is 4.21. The van der Waals surface area contributed by atoms with Crippen LogP contribution in [0.1, 0.15) is 6.42 Å². The van der Waals surface area contributed by atoms with Gasteiger partial charge in [-0.3, -0.25) is 13.7 Å². The predicted octanol–water partition coefficient (Wildman–Crippen LogP) is 3.61. The minimum absolute atomic E-state index is 0.0567. The molecule has 17 heteroatoms. The average Bonchev–Trinajstić information content (AvgIpc) is 2.85. The fourth-order valence-electron chi connectivity index (χ4n) is 4.05. The highest BCUT2D eigenvalue weighted by atomic mass is 32.2. The lowest BCUT2D eigenvalue weighted by Crippen LogP contribution is -2.10. The highest BCUT2D eigenvalue weighted by Crippen LogP contribution is 2.45. The second-order valence-electron chi connectivity index (χ2n) is 8.47.